The molecule has 0 spiro atoms. The molecule has 29 heavy (non-hydrogen) atoms. The summed E-state index contributed by atoms with van der Waals surface area (Å²) in [5, 5.41) is 5.48. The van der Waals surface area contributed by atoms with Crippen LogP contribution in [0.25, 0.3) is 0 Å². The average Bonchev–Trinajstić information content (AvgIpc) is 3.45. The minimum atomic E-state index is -4.60. The first kappa shape index (κ1) is 21.0. The third kappa shape index (κ3) is 5.41. The maximum Gasteiger partial charge on any atom is 0.419 e. The van der Waals surface area contributed by atoms with Gasteiger partial charge in [0.05, 0.1) is 16.1 Å². The molecule has 1 atom stereocenters. The van der Waals surface area contributed by atoms with Crippen molar-refractivity contribution < 1.29 is 27.5 Å². The molecule has 0 bridgehead atoms. The van der Waals surface area contributed by atoms with Crippen LogP contribution in [-0.4, -0.2) is 24.0 Å². The van der Waals surface area contributed by atoms with E-state index in [1.165, 1.54) is 37.3 Å². The van der Waals surface area contributed by atoms with Crippen LogP contribution >= 0.6 is 11.6 Å². The molecule has 2 aromatic carbocycles. The van der Waals surface area contributed by atoms with Crippen LogP contribution in [0.15, 0.2) is 42.5 Å². The first-order valence-electron chi connectivity index (χ1n) is 8.89. The maximum absolute atomic E-state index is 13.0. The van der Waals surface area contributed by atoms with E-state index < -0.39 is 29.5 Å². The van der Waals surface area contributed by atoms with Crippen molar-refractivity contribution >= 4 is 29.1 Å². The van der Waals surface area contributed by atoms with E-state index in [9.17, 15) is 22.8 Å². The lowest BCUT2D eigenvalue weighted by Gasteiger charge is -2.18. The van der Waals surface area contributed by atoms with Crippen molar-refractivity contribution in [3.05, 3.63) is 58.6 Å². The summed E-state index contributed by atoms with van der Waals surface area (Å²) in [6.07, 6.45) is -3.92. The number of anilines is 1. The molecule has 0 saturated heterocycles. The Hall–Kier alpha value is -2.74. The number of amides is 2. The zero-order valence-electron chi connectivity index (χ0n) is 15.3. The summed E-state index contributed by atoms with van der Waals surface area (Å²) in [6.45, 7) is 1.33. The number of hydrogen-bond acceptors (Lipinski definition) is 3. The second-order valence-electron chi connectivity index (χ2n) is 6.69. The quantitative estimate of drug-likeness (QED) is 0.706. The summed E-state index contributed by atoms with van der Waals surface area (Å²) in [5.74, 6) is -1.39. The molecular weight excluding hydrogens is 409 g/mol. The normalized spacial score (nSPS) is 14.8. The van der Waals surface area contributed by atoms with Gasteiger partial charge in [-0.05, 0) is 50.1 Å². The Balaban J connectivity index is 1.65. The molecule has 154 valence electrons. The van der Waals surface area contributed by atoms with Gasteiger partial charge in [-0.15, -0.1) is 0 Å². The van der Waals surface area contributed by atoms with E-state index in [0.29, 0.717) is 5.69 Å². The number of rotatable bonds is 6. The van der Waals surface area contributed by atoms with Crippen molar-refractivity contribution in [3.8, 4) is 5.75 Å². The van der Waals surface area contributed by atoms with Gasteiger partial charge in [-0.2, -0.15) is 13.2 Å². The molecule has 0 aliphatic heterocycles. The molecule has 2 aromatic rings. The van der Waals surface area contributed by atoms with Crippen LogP contribution in [0.2, 0.25) is 5.02 Å². The van der Waals surface area contributed by atoms with Gasteiger partial charge in [0.25, 0.3) is 11.8 Å². The number of hydrogen-bond donors (Lipinski definition) is 2. The molecule has 1 aliphatic rings. The SMILES string of the molecule is CC(Oc1ccccc1C(F)(F)F)C(=O)Nc1ccc(C(=O)NC2CC2)c(Cl)c1. The van der Waals surface area contributed by atoms with Gasteiger partial charge in [0.15, 0.2) is 6.10 Å². The van der Waals surface area contributed by atoms with Gasteiger partial charge in [0.1, 0.15) is 5.75 Å². The Kier molecular flexibility index (Phi) is 6.02. The number of carbonyl (C=O) groups is 2. The number of nitrogens with one attached hydrogen (secondary N) is 2. The Morgan fingerprint density at radius 1 is 1.17 bits per heavy atom. The highest BCUT2D eigenvalue weighted by Crippen LogP contribution is 2.36. The van der Waals surface area contributed by atoms with Crippen LogP contribution in [0.4, 0.5) is 18.9 Å². The largest absolute Gasteiger partial charge is 0.480 e. The highest BCUT2D eigenvalue weighted by Gasteiger charge is 2.35. The number of benzene rings is 2. The van der Waals surface area contributed by atoms with Crippen LogP contribution in [0, 0.1) is 0 Å². The fraction of sp³-hybridized carbons (Fsp3) is 0.300. The van der Waals surface area contributed by atoms with Crippen molar-refractivity contribution in [1.82, 2.24) is 5.32 Å². The molecule has 0 radical (unpaired) electrons. The van der Waals surface area contributed by atoms with E-state index in [1.54, 1.807) is 0 Å². The summed E-state index contributed by atoms with van der Waals surface area (Å²) < 4.78 is 44.4. The van der Waals surface area contributed by atoms with E-state index in [1.807, 2.05) is 0 Å². The standard InChI is InChI=1S/C20H18ClF3N2O3/c1-11(29-17-5-3-2-4-15(17)20(22,23)24)18(27)26-13-8-9-14(16(21)10-13)19(28)25-12-6-7-12/h2-5,8-12H,6-7H2,1H3,(H,25,28)(H,26,27). The van der Waals surface area contributed by atoms with Gasteiger partial charge in [0, 0.05) is 11.7 Å². The molecule has 5 nitrogen and oxygen atoms in total. The van der Waals surface area contributed by atoms with Crippen molar-refractivity contribution in [2.24, 2.45) is 0 Å². The van der Waals surface area contributed by atoms with E-state index in [4.69, 9.17) is 16.3 Å². The highest BCUT2D eigenvalue weighted by atomic mass is 35.5. The first-order chi connectivity index (χ1) is 13.6. The number of para-hydroxylation sites is 1. The fourth-order valence-corrected chi connectivity index (χ4v) is 2.83. The molecule has 0 heterocycles. The fourth-order valence-electron chi connectivity index (χ4n) is 2.56. The molecule has 2 N–H and O–H groups in total. The predicted molar refractivity (Wildman–Crippen MR) is 102 cm³/mol. The molecule has 1 fully saturated rings. The van der Waals surface area contributed by atoms with Crippen LogP contribution in [0.5, 0.6) is 5.75 Å². The zero-order chi connectivity index (χ0) is 21.2. The topological polar surface area (TPSA) is 67.4 Å². The van der Waals surface area contributed by atoms with Crippen molar-refractivity contribution in [3.63, 3.8) is 0 Å². The number of carbonyl (C=O) groups excluding carboxylic acids is 2. The van der Waals surface area contributed by atoms with Crippen molar-refractivity contribution in [2.45, 2.75) is 38.1 Å². The Labute approximate surface area is 170 Å². The molecule has 0 aromatic heterocycles. The summed E-state index contributed by atoms with van der Waals surface area (Å²) in [6, 6.07) is 9.20. The smallest absolute Gasteiger partial charge is 0.419 e. The average molecular weight is 427 g/mol. The molecule has 1 aliphatic carbocycles. The second kappa shape index (κ2) is 8.32. The molecule has 1 saturated carbocycles. The van der Waals surface area contributed by atoms with E-state index in [2.05, 4.69) is 10.6 Å². The summed E-state index contributed by atoms with van der Waals surface area (Å²) in [4.78, 5) is 24.4. The number of ether oxygens (including phenoxy) is 1. The van der Waals surface area contributed by atoms with Crippen LogP contribution in [-0.2, 0) is 11.0 Å². The van der Waals surface area contributed by atoms with Gasteiger partial charge >= 0.3 is 6.18 Å². The lowest BCUT2D eigenvalue weighted by molar-refractivity contribution is -0.140. The van der Waals surface area contributed by atoms with Crippen LogP contribution in [0.3, 0.4) is 0 Å². The van der Waals surface area contributed by atoms with Gasteiger partial charge in [-0.1, -0.05) is 23.7 Å². The van der Waals surface area contributed by atoms with E-state index in [-0.39, 0.29) is 22.5 Å². The first-order valence-corrected chi connectivity index (χ1v) is 9.27. The van der Waals surface area contributed by atoms with Gasteiger partial charge in [0.2, 0.25) is 0 Å². The zero-order valence-corrected chi connectivity index (χ0v) is 16.1. The molecule has 1 unspecified atom stereocenters. The minimum Gasteiger partial charge on any atom is -0.480 e. The number of alkyl halides is 3. The molecular formula is C20H18ClF3N2O3. The van der Waals surface area contributed by atoms with Gasteiger partial charge < -0.3 is 15.4 Å². The Morgan fingerprint density at radius 3 is 2.48 bits per heavy atom. The van der Waals surface area contributed by atoms with Crippen molar-refractivity contribution in [1.29, 1.82) is 0 Å². The highest BCUT2D eigenvalue weighted by molar-refractivity contribution is 6.34. The van der Waals surface area contributed by atoms with Gasteiger partial charge in [-0.25, -0.2) is 0 Å². The molecule has 3 rings (SSSR count). The van der Waals surface area contributed by atoms with Crippen LogP contribution in [0.1, 0.15) is 35.7 Å². The second-order valence-corrected chi connectivity index (χ2v) is 7.09. The summed E-state index contributed by atoms with van der Waals surface area (Å²) in [5.41, 5.74) is -0.392. The number of halogens is 4. The summed E-state index contributed by atoms with van der Waals surface area (Å²) in [7, 11) is 0. The lowest BCUT2D eigenvalue weighted by atomic mass is 10.1. The van der Waals surface area contributed by atoms with Crippen molar-refractivity contribution in [2.75, 3.05) is 5.32 Å². The third-order valence-corrected chi connectivity index (χ3v) is 4.57. The van der Waals surface area contributed by atoms with Crippen LogP contribution < -0.4 is 15.4 Å². The maximum atomic E-state index is 13.0. The molecule has 9 heteroatoms. The Bertz CT molecular complexity index is 929. The minimum absolute atomic E-state index is 0.150. The van der Waals surface area contributed by atoms with E-state index in [0.717, 1.165) is 25.0 Å². The Morgan fingerprint density at radius 2 is 1.86 bits per heavy atom. The van der Waals surface area contributed by atoms with E-state index >= 15 is 0 Å². The monoisotopic (exact) mass is 426 g/mol. The summed E-state index contributed by atoms with van der Waals surface area (Å²) >= 11 is 6.12. The lowest BCUT2D eigenvalue weighted by Crippen LogP contribution is -2.31. The van der Waals surface area contributed by atoms with Gasteiger partial charge in [-0.3, -0.25) is 9.59 Å². The third-order valence-electron chi connectivity index (χ3n) is 4.26. The predicted octanol–water partition coefficient (Wildman–Crippen LogP) is 4.66. The molecule has 2 amide bonds.